The Labute approximate surface area is 100 Å². The highest BCUT2D eigenvalue weighted by atomic mass is 14.7. The first-order valence-corrected chi connectivity index (χ1v) is 5.75. The van der Waals surface area contributed by atoms with E-state index in [9.17, 15) is 0 Å². The second-order valence-corrected chi connectivity index (χ2v) is 4.41. The molecule has 2 aromatic heterocycles. The van der Waals surface area contributed by atoms with Crippen LogP contribution in [0.5, 0.6) is 0 Å². The highest BCUT2D eigenvalue weighted by Crippen LogP contribution is 2.27. The van der Waals surface area contributed by atoms with Crippen LogP contribution in [0.4, 0.5) is 0 Å². The van der Waals surface area contributed by atoms with Crippen LogP contribution in [0.25, 0.3) is 22.2 Å². The molecule has 0 aliphatic carbocycles. The Morgan fingerprint density at radius 1 is 0.941 bits per heavy atom. The third-order valence-corrected chi connectivity index (χ3v) is 3.21. The number of fused-ring (bicyclic) bond motifs is 1. The maximum atomic E-state index is 4.05. The number of hydrogen-bond acceptors (Lipinski definition) is 1. The van der Waals surface area contributed by atoms with Crippen molar-refractivity contribution in [1.82, 2.24) is 9.97 Å². The molecular weight excluding hydrogens is 208 g/mol. The van der Waals surface area contributed by atoms with Crippen LogP contribution in [0.2, 0.25) is 0 Å². The topological polar surface area (TPSA) is 28.7 Å². The summed E-state index contributed by atoms with van der Waals surface area (Å²) in [7, 11) is 0. The normalized spacial score (nSPS) is 10.9. The molecule has 0 amide bonds. The van der Waals surface area contributed by atoms with Crippen LogP contribution in [0.3, 0.4) is 0 Å². The first-order chi connectivity index (χ1) is 8.25. The first-order valence-electron chi connectivity index (χ1n) is 5.75. The zero-order chi connectivity index (χ0) is 11.8. The maximum absolute atomic E-state index is 4.05. The number of nitrogens with zero attached hydrogens (tertiary/aromatic N) is 1. The number of aromatic nitrogens is 2. The standard InChI is InChI=1S/C15H14N2/c1-10-3-4-11(2)15-13(10)9-14(17-15)12-5-7-16-8-6-12/h3-9,17H,1-2H3. The molecule has 0 spiro atoms. The lowest BCUT2D eigenvalue weighted by atomic mass is 10.1. The number of pyridine rings is 1. The minimum atomic E-state index is 1.15. The van der Waals surface area contributed by atoms with Crippen molar-refractivity contribution in [3.63, 3.8) is 0 Å². The summed E-state index contributed by atoms with van der Waals surface area (Å²) in [5, 5.41) is 1.30. The SMILES string of the molecule is Cc1ccc(C)c2[nH]c(-c3ccncc3)cc12. The van der Waals surface area contributed by atoms with Gasteiger partial charge >= 0.3 is 0 Å². The van der Waals surface area contributed by atoms with Gasteiger partial charge < -0.3 is 4.98 Å². The second kappa shape index (κ2) is 3.74. The van der Waals surface area contributed by atoms with Crippen LogP contribution >= 0.6 is 0 Å². The van der Waals surface area contributed by atoms with E-state index in [0.29, 0.717) is 0 Å². The van der Waals surface area contributed by atoms with E-state index in [-0.39, 0.29) is 0 Å². The summed E-state index contributed by atoms with van der Waals surface area (Å²) >= 11 is 0. The Bertz CT molecular complexity index is 627. The van der Waals surface area contributed by atoms with Crippen LogP contribution < -0.4 is 0 Å². The van der Waals surface area contributed by atoms with Crippen molar-refractivity contribution in [3.05, 3.63) is 53.9 Å². The summed E-state index contributed by atoms with van der Waals surface area (Å²) in [6.45, 7) is 4.28. The van der Waals surface area contributed by atoms with Crippen molar-refractivity contribution in [2.45, 2.75) is 13.8 Å². The number of benzene rings is 1. The maximum Gasteiger partial charge on any atom is 0.0491 e. The van der Waals surface area contributed by atoms with Crippen LogP contribution in [-0.2, 0) is 0 Å². The quantitative estimate of drug-likeness (QED) is 0.665. The molecule has 0 radical (unpaired) electrons. The molecule has 84 valence electrons. The van der Waals surface area contributed by atoms with Crippen LogP contribution in [0.1, 0.15) is 11.1 Å². The van der Waals surface area contributed by atoms with Crippen LogP contribution in [0, 0.1) is 13.8 Å². The third kappa shape index (κ3) is 1.62. The monoisotopic (exact) mass is 222 g/mol. The molecule has 2 nitrogen and oxygen atoms in total. The lowest BCUT2D eigenvalue weighted by molar-refractivity contribution is 1.32. The number of hydrogen-bond donors (Lipinski definition) is 1. The number of nitrogens with one attached hydrogen (secondary N) is 1. The minimum absolute atomic E-state index is 1.15. The Morgan fingerprint density at radius 2 is 1.65 bits per heavy atom. The number of H-pyrrole nitrogens is 1. The van der Waals surface area contributed by atoms with E-state index in [1.807, 2.05) is 24.5 Å². The van der Waals surface area contributed by atoms with Gasteiger partial charge in [-0.2, -0.15) is 0 Å². The van der Waals surface area contributed by atoms with Gasteiger partial charge in [-0.15, -0.1) is 0 Å². The molecule has 0 saturated carbocycles. The first kappa shape index (κ1) is 10.1. The molecular formula is C15H14N2. The summed E-state index contributed by atoms with van der Waals surface area (Å²) in [5.74, 6) is 0. The molecule has 17 heavy (non-hydrogen) atoms. The Balaban J connectivity index is 2.27. The van der Waals surface area contributed by atoms with E-state index in [4.69, 9.17) is 0 Å². The van der Waals surface area contributed by atoms with Gasteiger partial charge in [0.15, 0.2) is 0 Å². The van der Waals surface area contributed by atoms with Gasteiger partial charge in [0.05, 0.1) is 0 Å². The fourth-order valence-electron chi connectivity index (χ4n) is 2.19. The van der Waals surface area contributed by atoms with E-state index in [1.54, 1.807) is 0 Å². The van der Waals surface area contributed by atoms with Gasteiger partial charge in [0, 0.05) is 34.6 Å². The molecule has 0 aliphatic rings. The van der Waals surface area contributed by atoms with Crippen molar-refractivity contribution in [3.8, 4) is 11.3 Å². The molecule has 3 aromatic rings. The van der Waals surface area contributed by atoms with Gasteiger partial charge in [-0.3, -0.25) is 4.98 Å². The molecule has 0 unspecified atom stereocenters. The van der Waals surface area contributed by atoms with Gasteiger partial charge in [-0.1, -0.05) is 12.1 Å². The lowest BCUT2D eigenvalue weighted by Gasteiger charge is -1.98. The number of aromatic amines is 1. The zero-order valence-corrected chi connectivity index (χ0v) is 9.99. The van der Waals surface area contributed by atoms with Crippen molar-refractivity contribution in [1.29, 1.82) is 0 Å². The molecule has 3 rings (SSSR count). The van der Waals surface area contributed by atoms with E-state index in [0.717, 1.165) is 5.69 Å². The third-order valence-electron chi connectivity index (χ3n) is 3.21. The highest BCUT2D eigenvalue weighted by Gasteiger charge is 2.06. The van der Waals surface area contributed by atoms with E-state index in [2.05, 4.69) is 42.0 Å². The van der Waals surface area contributed by atoms with Gasteiger partial charge in [0.2, 0.25) is 0 Å². The fraction of sp³-hybridized carbons (Fsp3) is 0.133. The van der Waals surface area contributed by atoms with Crippen molar-refractivity contribution in [2.24, 2.45) is 0 Å². The van der Waals surface area contributed by atoms with Crippen LogP contribution in [0.15, 0.2) is 42.7 Å². The fourth-order valence-corrected chi connectivity index (χ4v) is 2.19. The van der Waals surface area contributed by atoms with Crippen molar-refractivity contribution < 1.29 is 0 Å². The predicted octanol–water partition coefficient (Wildman–Crippen LogP) is 3.85. The molecule has 0 bridgehead atoms. The van der Waals surface area contributed by atoms with E-state index >= 15 is 0 Å². The number of aryl methyl sites for hydroxylation is 2. The summed E-state index contributed by atoms with van der Waals surface area (Å²) in [6, 6.07) is 10.6. The van der Waals surface area contributed by atoms with Gasteiger partial charge in [-0.25, -0.2) is 0 Å². The average Bonchev–Trinajstić information content (AvgIpc) is 2.81. The van der Waals surface area contributed by atoms with Gasteiger partial charge in [-0.05, 0) is 43.2 Å². The summed E-state index contributed by atoms with van der Waals surface area (Å²) in [5.41, 5.74) is 6.15. The second-order valence-electron chi connectivity index (χ2n) is 4.41. The average molecular weight is 222 g/mol. The molecule has 0 saturated heterocycles. The highest BCUT2D eigenvalue weighted by molar-refractivity contribution is 5.90. The predicted molar refractivity (Wildman–Crippen MR) is 71.0 cm³/mol. The summed E-state index contributed by atoms with van der Waals surface area (Å²) in [6.07, 6.45) is 3.64. The van der Waals surface area contributed by atoms with Crippen LogP contribution in [-0.4, -0.2) is 9.97 Å². The van der Waals surface area contributed by atoms with E-state index in [1.165, 1.54) is 27.6 Å². The summed E-state index contributed by atoms with van der Waals surface area (Å²) < 4.78 is 0. The van der Waals surface area contributed by atoms with Crippen molar-refractivity contribution in [2.75, 3.05) is 0 Å². The molecule has 0 fully saturated rings. The Morgan fingerprint density at radius 3 is 2.35 bits per heavy atom. The summed E-state index contributed by atoms with van der Waals surface area (Å²) in [4.78, 5) is 7.54. The molecule has 0 aliphatic heterocycles. The molecule has 2 heteroatoms. The molecule has 2 heterocycles. The van der Waals surface area contributed by atoms with Crippen molar-refractivity contribution >= 4 is 10.9 Å². The lowest BCUT2D eigenvalue weighted by Crippen LogP contribution is -1.79. The zero-order valence-electron chi connectivity index (χ0n) is 9.99. The van der Waals surface area contributed by atoms with Gasteiger partial charge in [0.1, 0.15) is 0 Å². The molecule has 1 N–H and O–H groups in total. The molecule has 1 aromatic carbocycles. The molecule has 0 atom stereocenters. The minimum Gasteiger partial charge on any atom is -0.354 e. The number of rotatable bonds is 1. The van der Waals surface area contributed by atoms with Gasteiger partial charge in [0.25, 0.3) is 0 Å². The smallest absolute Gasteiger partial charge is 0.0491 e. The Kier molecular flexibility index (Phi) is 2.22. The largest absolute Gasteiger partial charge is 0.354 e. The van der Waals surface area contributed by atoms with E-state index < -0.39 is 0 Å². The Hall–Kier alpha value is -2.09.